The van der Waals surface area contributed by atoms with Crippen LogP contribution in [0.25, 0.3) is 10.2 Å². The van der Waals surface area contributed by atoms with Crippen molar-refractivity contribution < 1.29 is 29.0 Å². The van der Waals surface area contributed by atoms with Gasteiger partial charge in [-0.2, -0.15) is 0 Å². The molecule has 0 unspecified atom stereocenters. The Morgan fingerprint density at radius 3 is 2.59 bits per heavy atom. The summed E-state index contributed by atoms with van der Waals surface area (Å²) in [6.07, 6.45) is -0.501. The number of fused-ring (bicyclic) bond motifs is 1. The third kappa shape index (κ3) is 5.40. The van der Waals surface area contributed by atoms with E-state index in [1.165, 1.54) is 16.2 Å². The van der Waals surface area contributed by atoms with E-state index in [4.69, 9.17) is 4.74 Å². The number of carboxylic acid groups (broad SMARTS) is 1. The van der Waals surface area contributed by atoms with E-state index < -0.39 is 36.5 Å². The maximum Gasteiger partial charge on any atom is 0.408 e. The van der Waals surface area contributed by atoms with Gasteiger partial charge < -0.3 is 20.1 Å². The molecular formula is C24H23N3O6S. The summed E-state index contributed by atoms with van der Waals surface area (Å²) < 4.78 is 6.01. The van der Waals surface area contributed by atoms with Crippen LogP contribution in [-0.4, -0.2) is 57.4 Å². The number of nitrogens with zero attached hydrogens (tertiary/aromatic N) is 2. The fourth-order valence-corrected chi connectivity index (χ4v) is 4.86. The average molecular weight is 482 g/mol. The van der Waals surface area contributed by atoms with Crippen LogP contribution in [0.4, 0.5) is 4.79 Å². The van der Waals surface area contributed by atoms with Crippen molar-refractivity contribution in [3.8, 4) is 0 Å². The zero-order chi connectivity index (χ0) is 24.1. The van der Waals surface area contributed by atoms with E-state index in [1.54, 1.807) is 24.3 Å². The number of hydrogen-bond donors (Lipinski definition) is 2. The molecule has 0 saturated carbocycles. The third-order valence-electron chi connectivity index (χ3n) is 5.52. The Morgan fingerprint density at radius 2 is 1.85 bits per heavy atom. The van der Waals surface area contributed by atoms with Crippen molar-refractivity contribution in [3.63, 3.8) is 0 Å². The van der Waals surface area contributed by atoms with Crippen molar-refractivity contribution in [2.75, 3.05) is 6.54 Å². The molecule has 2 N–H and O–H groups in total. The molecule has 1 aliphatic rings. The van der Waals surface area contributed by atoms with Gasteiger partial charge in [0.15, 0.2) is 5.01 Å². The summed E-state index contributed by atoms with van der Waals surface area (Å²) in [5.74, 6) is -2.17. The number of carbonyl (C=O) groups excluding carboxylic acids is 3. The number of likely N-dealkylation sites (tertiary alicyclic amines) is 1. The van der Waals surface area contributed by atoms with Crippen molar-refractivity contribution in [2.45, 2.75) is 38.0 Å². The fraction of sp³-hybridized carbons (Fsp3) is 0.292. The van der Waals surface area contributed by atoms with Gasteiger partial charge in [0, 0.05) is 6.54 Å². The molecule has 176 valence electrons. The topological polar surface area (TPSA) is 126 Å². The second-order valence-electron chi connectivity index (χ2n) is 7.90. The first-order valence-electron chi connectivity index (χ1n) is 10.8. The second kappa shape index (κ2) is 10.4. The molecule has 4 rings (SSSR count). The van der Waals surface area contributed by atoms with Gasteiger partial charge in [-0.3, -0.25) is 14.4 Å². The quantitative estimate of drug-likeness (QED) is 0.473. The monoisotopic (exact) mass is 481 g/mol. The molecule has 1 aromatic heterocycles. The predicted octanol–water partition coefficient (Wildman–Crippen LogP) is 3.24. The summed E-state index contributed by atoms with van der Waals surface area (Å²) in [7, 11) is 0. The number of hydrogen-bond acceptors (Lipinski definition) is 7. The van der Waals surface area contributed by atoms with Crippen LogP contribution in [0.3, 0.4) is 0 Å². The summed E-state index contributed by atoms with van der Waals surface area (Å²) in [6.45, 7) is 0.264. The van der Waals surface area contributed by atoms with Crippen LogP contribution in [0.15, 0.2) is 54.6 Å². The number of ketones is 1. The number of rotatable bonds is 8. The molecule has 2 amide bonds. The van der Waals surface area contributed by atoms with Gasteiger partial charge in [0.2, 0.25) is 11.7 Å². The largest absolute Gasteiger partial charge is 0.481 e. The van der Waals surface area contributed by atoms with Crippen LogP contribution >= 0.6 is 11.3 Å². The Balaban J connectivity index is 1.45. The highest BCUT2D eigenvalue weighted by molar-refractivity contribution is 7.20. The van der Waals surface area contributed by atoms with Crippen LogP contribution in [0, 0.1) is 0 Å². The highest BCUT2D eigenvalue weighted by Gasteiger charge is 2.39. The number of ether oxygens (including phenoxy) is 1. The number of benzene rings is 2. The van der Waals surface area contributed by atoms with Crippen LogP contribution in [0.1, 0.15) is 34.6 Å². The number of carbonyl (C=O) groups is 4. The molecule has 2 heterocycles. The SMILES string of the molecule is O=C(O)C[C@H](NC(=O)OCc1ccccc1)C(=O)N1CCC[C@H]1C(=O)c1nc2ccccc2s1. The number of para-hydroxylation sites is 1. The van der Waals surface area contributed by atoms with E-state index in [1.807, 2.05) is 30.3 Å². The molecule has 3 aromatic rings. The van der Waals surface area contributed by atoms with E-state index in [2.05, 4.69) is 10.3 Å². The maximum atomic E-state index is 13.2. The first kappa shape index (κ1) is 23.4. The normalized spacial score (nSPS) is 16.2. The number of alkyl carbamates (subject to hydrolysis) is 1. The average Bonchev–Trinajstić information content (AvgIpc) is 3.49. The summed E-state index contributed by atoms with van der Waals surface area (Å²) in [6, 6.07) is 14.2. The van der Waals surface area contributed by atoms with Crippen LogP contribution in [0.5, 0.6) is 0 Å². The van der Waals surface area contributed by atoms with E-state index in [0.717, 1.165) is 10.3 Å². The van der Waals surface area contributed by atoms with Gasteiger partial charge in [0.25, 0.3) is 0 Å². The lowest BCUT2D eigenvalue weighted by Gasteiger charge is -2.27. The number of nitrogens with one attached hydrogen (secondary N) is 1. The zero-order valence-electron chi connectivity index (χ0n) is 18.2. The molecule has 0 bridgehead atoms. The zero-order valence-corrected chi connectivity index (χ0v) is 19.0. The molecule has 2 atom stereocenters. The van der Waals surface area contributed by atoms with Crippen LogP contribution < -0.4 is 5.32 Å². The minimum atomic E-state index is -1.36. The van der Waals surface area contributed by atoms with E-state index in [-0.39, 0.29) is 18.9 Å². The molecule has 0 spiro atoms. The predicted molar refractivity (Wildman–Crippen MR) is 124 cm³/mol. The number of aliphatic carboxylic acids is 1. The third-order valence-corrected chi connectivity index (χ3v) is 6.58. The molecule has 9 nitrogen and oxygen atoms in total. The van der Waals surface area contributed by atoms with Gasteiger partial charge in [-0.05, 0) is 30.5 Å². The summed E-state index contributed by atoms with van der Waals surface area (Å²) in [5.41, 5.74) is 1.46. The van der Waals surface area contributed by atoms with E-state index in [9.17, 15) is 24.3 Å². The maximum absolute atomic E-state index is 13.2. The number of thiazole rings is 1. The Labute approximate surface area is 199 Å². The standard InChI is InChI=1S/C24H23N3O6S/c28-20(29)13-17(26-24(32)33-14-15-7-2-1-3-8-15)23(31)27-12-6-10-18(27)21(30)22-25-16-9-4-5-11-19(16)34-22/h1-5,7-9,11,17-18H,6,10,12-14H2,(H,26,32)(H,28,29)/t17-,18-/m0/s1. The van der Waals surface area contributed by atoms with Gasteiger partial charge in [-0.1, -0.05) is 42.5 Å². The van der Waals surface area contributed by atoms with Crippen molar-refractivity contribution in [2.24, 2.45) is 0 Å². The Kier molecular flexibility index (Phi) is 7.17. The summed E-state index contributed by atoms with van der Waals surface area (Å²) in [5, 5.41) is 12.0. The smallest absolute Gasteiger partial charge is 0.408 e. The Hall–Kier alpha value is -3.79. The molecular weight excluding hydrogens is 458 g/mol. The molecule has 10 heteroatoms. The first-order valence-corrected chi connectivity index (χ1v) is 11.6. The van der Waals surface area contributed by atoms with Gasteiger partial charge in [-0.25, -0.2) is 9.78 Å². The van der Waals surface area contributed by atoms with Gasteiger partial charge in [0.05, 0.1) is 22.7 Å². The Morgan fingerprint density at radius 1 is 1.12 bits per heavy atom. The highest BCUT2D eigenvalue weighted by atomic mass is 32.1. The molecule has 1 fully saturated rings. The van der Waals surface area contributed by atoms with Gasteiger partial charge in [-0.15, -0.1) is 11.3 Å². The summed E-state index contributed by atoms with van der Waals surface area (Å²) in [4.78, 5) is 55.8. The summed E-state index contributed by atoms with van der Waals surface area (Å²) >= 11 is 1.26. The van der Waals surface area contributed by atoms with Crippen LogP contribution in [0.2, 0.25) is 0 Å². The lowest BCUT2D eigenvalue weighted by molar-refractivity contribution is -0.142. The highest BCUT2D eigenvalue weighted by Crippen LogP contribution is 2.27. The minimum Gasteiger partial charge on any atom is -0.481 e. The number of carboxylic acids is 1. The first-order chi connectivity index (χ1) is 16.4. The van der Waals surface area contributed by atoms with Gasteiger partial charge >= 0.3 is 12.1 Å². The van der Waals surface area contributed by atoms with Crippen molar-refractivity contribution >= 4 is 45.3 Å². The molecule has 34 heavy (non-hydrogen) atoms. The lowest BCUT2D eigenvalue weighted by Crippen LogP contribution is -2.52. The van der Waals surface area contributed by atoms with Crippen LogP contribution in [-0.2, 0) is 20.9 Å². The van der Waals surface area contributed by atoms with E-state index >= 15 is 0 Å². The van der Waals surface area contributed by atoms with Crippen molar-refractivity contribution in [1.29, 1.82) is 0 Å². The fourth-order valence-electron chi connectivity index (χ4n) is 3.91. The minimum absolute atomic E-state index is 0.0247. The van der Waals surface area contributed by atoms with Crippen molar-refractivity contribution in [1.82, 2.24) is 15.2 Å². The van der Waals surface area contributed by atoms with Crippen molar-refractivity contribution in [3.05, 3.63) is 65.2 Å². The number of amides is 2. The molecule has 0 aliphatic carbocycles. The number of aromatic nitrogens is 1. The lowest BCUT2D eigenvalue weighted by atomic mass is 10.1. The van der Waals surface area contributed by atoms with E-state index in [0.29, 0.717) is 23.4 Å². The molecule has 1 aliphatic heterocycles. The molecule has 1 saturated heterocycles. The van der Waals surface area contributed by atoms with Gasteiger partial charge in [0.1, 0.15) is 12.6 Å². The molecule has 2 aromatic carbocycles. The number of Topliss-reactive ketones (excluding diaryl/α,β-unsaturated/α-hetero) is 1. The Bertz CT molecular complexity index is 1180. The molecule has 0 radical (unpaired) electrons. The second-order valence-corrected chi connectivity index (χ2v) is 8.93.